The van der Waals surface area contributed by atoms with Crippen molar-refractivity contribution in [1.29, 1.82) is 0 Å². The number of nitrogens with zero attached hydrogens (tertiary/aromatic N) is 2. The van der Waals surface area contributed by atoms with Gasteiger partial charge in [-0.1, -0.05) is 73.2 Å². The molecule has 3 aromatic rings. The van der Waals surface area contributed by atoms with Crippen LogP contribution in [0.15, 0.2) is 78.2 Å². The number of rotatable bonds is 9. The Morgan fingerprint density at radius 1 is 0.788 bits per heavy atom. The molecule has 2 aromatic carbocycles. The van der Waals surface area contributed by atoms with Crippen molar-refractivity contribution in [3.63, 3.8) is 0 Å². The predicted octanol–water partition coefficient (Wildman–Crippen LogP) is 6.70. The second-order valence-corrected chi connectivity index (χ2v) is 11.2. The summed E-state index contributed by atoms with van der Waals surface area (Å²) in [5, 5.41) is 2.21. The van der Waals surface area contributed by atoms with Crippen molar-refractivity contribution in [2.24, 2.45) is 11.8 Å². The molecule has 174 valence electrons. The van der Waals surface area contributed by atoms with E-state index in [0.717, 1.165) is 18.4 Å². The van der Waals surface area contributed by atoms with Crippen molar-refractivity contribution in [1.82, 2.24) is 9.80 Å². The lowest BCUT2D eigenvalue weighted by Gasteiger charge is -2.34. The fraction of sp³-hybridized carbons (Fsp3) is 0.467. The zero-order valence-electron chi connectivity index (χ0n) is 19.8. The summed E-state index contributed by atoms with van der Waals surface area (Å²) in [6, 6.07) is 26.8. The van der Waals surface area contributed by atoms with E-state index in [9.17, 15) is 0 Å². The molecule has 2 aliphatic rings. The van der Waals surface area contributed by atoms with E-state index in [2.05, 4.69) is 88.0 Å². The number of likely N-dealkylation sites (tertiary alicyclic amines) is 2. The van der Waals surface area contributed by atoms with Gasteiger partial charge in [0.05, 0.1) is 0 Å². The number of hydrogen-bond acceptors (Lipinski definition) is 3. The van der Waals surface area contributed by atoms with Crippen molar-refractivity contribution in [3.05, 3.63) is 94.2 Å². The van der Waals surface area contributed by atoms with Crippen LogP contribution in [-0.2, 0) is 13.0 Å². The lowest BCUT2D eigenvalue weighted by atomic mass is 9.87. The first-order chi connectivity index (χ1) is 16.3. The van der Waals surface area contributed by atoms with Crippen LogP contribution in [0.25, 0.3) is 0 Å². The zero-order chi connectivity index (χ0) is 22.3. The molecule has 3 heterocycles. The van der Waals surface area contributed by atoms with Crippen LogP contribution in [-0.4, -0.2) is 42.5 Å². The first-order valence-electron chi connectivity index (χ1n) is 12.9. The van der Waals surface area contributed by atoms with Gasteiger partial charge in [-0.15, -0.1) is 11.3 Å². The molecule has 0 spiro atoms. The van der Waals surface area contributed by atoms with Gasteiger partial charge < -0.3 is 4.90 Å². The Labute approximate surface area is 204 Å². The van der Waals surface area contributed by atoms with Gasteiger partial charge in [-0.05, 0) is 73.2 Å². The highest BCUT2D eigenvalue weighted by atomic mass is 32.1. The Kier molecular flexibility index (Phi) is 7.93. The molecule has 0 unspecified atom stereocenters. The third-order valence-electron chi connectivity index (χ3n) is 7.82. The van der Waals surface area contributed by atoms with Crippen LogP contribution in [0.2, 0.25) is 0 Å². The van der Waals surface area contributed by atoms with Gasteiger partial charge >= 0.3 is 0 Å². The van der Waals surface area contributed by atoms with Crippen molar-refractivity contribution < 1.29 is 0 Å². The fourth-order valence-corrected chi connectivity index (χ4v) is 6.75. The highest BCUT2D eigenvalue weighted by molar-refractivity contribution is 7.09. The Morgan fingerprint density at radius 2 is 1.55 bits per heavy atom. The molecule has 0 radical (unpaired) electrons. The highest BCUT2D eigenvalue weighted by Gasteiger charge is 2.35. The number of benzene rings is 2. The largest absolute Gasteiger partial charge is 0.303 e. The van der Waals surface area contributed by atoms with Gasteiger partial charge in [0.1, 0.15) is 0 Å². The predicted molar refractivity (Wildman–Crippen MR) is 141 cm³/mol. The van der Waals surface area contributed by atoms with Crippen LogP contribution in [0.4, 0.5) is 0 Å². The summed E-state index contributed by atoms with van der Waals surface area (Å²) >= 11 is 1.90. The SMILES string of the molecule is c1ccc(CCCC2CCN(C[C@H]3CN(Cc4cccs4)C[C@@H]3c3ccccc3)CC2)cc1. The molecular formula is C30H38N2S. The number of piperidine rings is 1. The van der Waals surface area contributed by atoms with Crippen LogP contribution in [0.3, 0.4) is 0 Å². The van der Waals surface area contributed by atoms with Crippen molar-refractivity contribution in [3.8, 4) is 0 Å². The summed E-state index contributed by atoms with van der Waals surface area (Å²) in [5.74, 6) is 2.32. The summed E-state index contributed by atoms with van der Waals surface area (Å²) in [5.41, 5.74) is 3.03. The molecule has 2 fully saturated rings. The average molecular weight is 459 g/mol. The quantitative estimate of drug-likeness (QED) is 0.352. The lowest BCUT2D eigenvalue weighted by Crippen LogP contribution is -2.38. The summed E-state index contributed by atoms with van der Waals surface area (Å²) in [6.45, 7) is 7.38. The van der Waals surface area contributed by atoms with Crippen LogP contribution in [0, 0.1) is 11.8 Å². The highest BCUT2D eigenvalue weighted by Crippen LogP contribution is 2.35. The third-order valence-corrected chi connectivity index (χ3v) is 8.69. The molecule has 0 bridgehead atoms. The Morgan fingerprint density at radius 3 is 2.27 bits per heavy atom. The molecule has 0 amide bonds. The Hall–Kier alpha value is -1.94. The van der Waals surface area contributed by atoms with Gasteiger partial charge in [0.2, 0.25) is 0 Å². The molecule has 0 aliphatic carbocycles. The van der Waals surface area contributed by atoms with Gasteiger partial charge in [0.25, 0.3) is 0 Å². The zero-order valence-corrected chi connectivity index (χ0v) is 20.6. The van der Waals surface area contributed by atoms with E-state index in [-0.39, 0.29) is 0 Å². The summed E-state index contributed by atoms with van der Waals surface area (Å²) < 4.78 is 0. The summed E-state index contributed by atoms with van der Waals surface area (Å²) in [7, 11) is 0. The van der Waals surface area contributed by atoms with Crippen LogP contribution >= 0.6 is 11.3 Å². The molecule has 3 heteroatoms. The second-order valence-electron chi connectivity index (χ2n) is 10.2. The van der Waals surface area contributed by atoms with Crippen molar-refractivity contribution in [2.75, 3.05) is 32.7 Å². The fourth-order valence-electron chi connectivity index (χ4n) is 6.00. The minimum Gasteiger partial charge on any atom is -0.303 e. The van der Waals surface area contributed by atoms with Gasteiger partial charge in [0.15, 0.2) is 0 Å². The number of aryl methyl sites for hydroxylation is 1. The van der Waals surface area contributed by atoms with Crippen LogP contribution < -0.4 is 0 Å². The van der Waals surface area contributed by atoms with E-state index in [1.807, 2.05) is 11.3 Å². The topological polar surface area (TPSA) is 6.48 Å². The number of hydrogen-bond donors (Lipinski definition) is 0. The van der Waals surface area contributed by atoms with Crippen molar-refractivity contribution in [2.45, 2.75) is 44.6 Å². The van der Waals surface area contributed by atoms with E-state index >= 15 is 0 Å². The van der Waals surface area contributed by atoms with E-state index in [1.54, 1.807) is 0 Å². The van der Waals surface area contributed by atoms with Crippen LogP contribution in [0.5, 0.6) is 0 Å². The Bertz CT molecular complexity index is 932. The number of thiophene rings is 1. The van der Waals surface area contributed by atoms with Crippen molar-refractivity contribution >= 4 is 11.3 Å². The minimum atomic E-state index is 0.662. The molecule has 1 aromatic heterocycles. The molecule has 2 saturated heterocycles. The molecule has 0 N–H and O–H groups in total. The molecular weight excluding hydrogens is 420 g/mol. The summed E-state index contributed by atoms with van der Waals surface area (Å²) in [6.07, 6.45) is 6.74. The molecule has 0 saturated carbocycles. The van der Waals surface area contributed by atoms with E-state index in [0.29, 0.717) is 5.92 Å². The monoisotopic (exact) mass is 458 g/mol. The first kappa shape index (κ1) is 22.8. The van der Waals surface area contributed by atoms with E-state index in [1.165, 1.54) is 80.8 Å². The minimum absolute atomic E-state index is 0.662. The van der Waals surface area contributed by atoms with Gasteiger partial charge in [-0.25, -0.2) is 0 Å². The second kappa shape index (κ2) is 11.5. The molecule has 2 nitrogen and oxygen atoms in total. The lowest BCUT2D eigenvalue weighted by molar-refractivity contribution is 0.151. The maximum absolute atomic E-state index is 2.78. The van der Waals surface area contributed by atoms with E-state index in [4.69, 9.17) is 0 Å². The summed E-state index contributed by atoms with van der Waals surface area (Å²) in [4.78, 5) is 6.98. The molecule has 5 rings (SSSR count). The average Bonchev–Trinajstić information content (AvgIpc) is 3.52. The van der Waals surface area contributed by atoms with Gasteiger partial charge in [-0.3, -0.25) is 4.90 Å². The smallest absolute Gasteiger partial charge is 0.0328 e. The first-order valence-corrected chi connectivity index (χ1v) is 13.8. The molecule has 33 heavy (non-hydrogen) atoms. The Balaban J connectivity index is 1.12. The van der Waals surface area contributed by atoms with E-state index < -0.39 is 0 Å². The normalized spacial score (nSPS) is 22.7. The molecule has 2 atom stereocenters. The third kappa shape index (κ3) is 6.35. The standard InChI is InChI=1S/C30H38N2S/c1-3-9-25(10-4-1)11-7-12-26-16-18-31(19-17-26)21-28-22-32(23-29-15-8-20-33-29)24-30(28)27-13-5-2-6-14-27/h1-6,8-10,13-15,20,26,28,30H,7,11-12,16-19,21-24H2/t28-,30+/m0/s1. The maximum Gasteiger partial charge on any atom is 0.0328 e. The van der Waals surface area contributed by atoms with Gasteiger partial charge in [-0.2, -0.15) is 0 Å². The van der Waals surface area contributed by atoms with Gasteiger partial charge in [0, 0.05) is 37.0 Å². The maximum atomic E-state index is 2.78. The van der Waals surface area contributed by atoms with Crippen LogP contribution in [0.1, 0.15) is 47.6 Å². The molecule has 2 aliphatic heterocycles.